The van der Waals surface area contributed by atoms with Crippen LogP contribution in [0.1, 0.15) is 0 Å². The molecule has 0 unspecified atom stereocenters. The second-order valence-electron chi connectivity index (χ2n) is 3.89. The molecule has 2 N–H and O–H groups in total. The molecule has 0 saturated heterocycles. The summed E-state index contributed by atoms with van der Waals surface area (Å²) in [5, 5.41) is 3.85. The molecule has 0 aliphatic carbocycles. The minimum Gasteiger partial charge on any atom is -0.397 e. The van der Waals surface area contributed by atoms with Gasteiger partial charge in [-0.2, -0.15) is 4.98 Å². The van der Waals surface area contributed by atoms with Gasteiger partial charge in [-0.3, -0.25) is 4.98 Å². The maximum Gasteiger partial charge on any atom is 0.260 e. The Kier molecular flexibility index (Phi) is 2.68. The molecular weight excluding hydrogens is 247 g/mol. The van der Waals surface area contributed by atoms with Gasteiger partial charge in [0.1, 0.15) is 5.82 Å². The normalized spacial score (nSPS) is 10.6. The number of nitrogen functional groups attached to an aromatic ring is 1. The van der Waals surface area contributed by atoms with E-state index < -0.39 is 0 Å². The number of nitrogens with zero attached hydrogens (tertiary/aromatic N) is 3. The summed E-state index contributed by atoms with van der Waals surface area (Å²) in [4.78, 5) is 8.12. The van der Waals surface area contributed by atoms with E-state index in [1.54, 1.807) is 24.4 Å². The van der Waals surface area contributed by atoms with Crippen molar-refractivity contribution in [2.45, 2.75) is 0 Å². The lowest BCUT2D eigenvalue weighted by molar-refractivity contribution is 0.432. The van der Waals surface area contributed by atoms with Crippen LogP contribution in [-0.2, 0) is 0 Å². The number of nitrogens with two attached hydrogens (primary N) is 1. The van der Waals surface area contributed by atoms with Crippen molar-refractivity contribution < 1.29 is 8.91 Å². The van der Waals surface area contributed by atoms with Crippen molar-refractivity contribution in [3.63, 3.8) is 0 Å². The van der Waals surface area contributed by atoms with Gasteiger partial charge in [0.25, 0.3) is 5.89 Å². The summed E-state index contributed by atoms with van der Waals surface area (Å²) in [7, 11) is 0. The zero-order chi connectivity index (χ0) is 13.2. The molecule has 19 heavy (non-hydrogen) atoms. The van der Waals surface area contributed by atoms with E-state index in [-0.39, 0.29) is 5.82 Å². The lowest BCUT2D eigenvalue weighted by atomic mass is 10.2. The second kappa shape index (κ2) is 4.49. The molecule has 2 heterocycles. The van der Waals surface area contributed by atoms with E-state index in [2.05, 4.69) is 15.1 Å². The molecule has 0 radical (unpaired) electrons. The van der Waals surface area contributed by atoms with Gasteiger partial charge in [0.15, 0.2) is 0 Å². The number of benzene rings is 1. The van der Waals surface area contributed by atoms with Crippen molar-refractivity contribution in [1.82, 2.24) is 15.1 Å². The summed E-state index contributed by atoms with van der Waals surface area (Å²) in [6, 6.07) is 7.54. The molecule has 5 nitrogen and oxygen atoms in total. The number of hydrogen-bond donors (Lipinski definition) is 1. The van der Waals surface area contributed by atoms with Crippen molar-refractivity contribution in [1.29, 1.82) is 0 Å². The van der Waals surface area contributed by atoms with Crippen molar-refractivity contribution in [3.8, 4) is 22.8 Å². The van der Waals surface area contributed by atoms with Gasteiger partial charge in [-0.15, -0.1) is 0 Å². The fraction of sp³-hybridized carbons (Fsp3) is 0. The first-order valence-corrected chi connectivity index (χ1v) is 5.53. The zero-order valence-corrected chi connectivity index (χ0v) is 9.75. The van der Waals surface area contributed by atoms with Crippen molar-refractivity contribution in [2.24, 2.45) is 0 Å². The minimum absolute atomic E-state index is 0.305. The van der Waals surface area contributed by atoms with Gasteiger partial charge >= 0.3 is 0 Å². The Morgan fingerprint density at radius 1 is 1.11 bits per heavy atom. The highest BCUT2D eigenvalue weighted by atomic mass is 19.1. The third-order valence-electron chi connectivity index (χ3n) is 2.61. The maximum absolute atomic E-state index is 12.8. The van der Waals surface area contributed by atoms with Crippen LogP contribution < -0.4 is 5.73 Å². The van der Waals surface area contributed by atoms with Gasteiger partial charge in [-0.25, -0.2) is 4.39 Å². The molecule has 0 fully saturated rings. The van der Waals surface area contributed by atoms with Gasteiger partial charge < -0.3 is 10.3 Å². The SMILES string of the molecule is Nc1cnccc1-c1nc(-c2ccc(F)cc2)no1. The molecule has 0 atom stereocenters. The summed E-state index contributed by atoms with van der Waals surface area (Å²) in [5.41, 5.74) is 7.53. The Morgan fingerprint density at radius 3 is 2.63 bits per heavy atom. The first kappa shape index (κ1) is 11.3. The summed E-state index contributed by atoms with van der Waals surface area (Å²) < 4.78 is 18.0. The van der Waals surface area contributed by atoms with Gasteiger partial charge in [-0.1, -0.05) is 5.16 Å². The van der Waals surface area contributed by atoms with Crippen LogP contribution in [0.5, 0.6) is 0 Å². The van der Waals surface area contributed by atoms with E-state index in [0.717, 1.165) is 0 Å². The summed E-state index contributed by atoms with van der Waals surface area (Å²) >= 11 is 0. The summed E-state index contributed by atoms with van der Waals surface area (Å²) in [6.07, 6.45) is 3.10. The largest absolute Gasteiger partial charge is 0.397 e. The van der Waals surface area contributed by atoms with Crippen molar-refractivity contribution in [3.05, 3.63) is 48.5 Å². The molecule has 0 aliphatic rings. The van der Waals surface area contributed by atoms with E-state index in [1.165, 1.54) is 18.3 Å². The molecule has 0 aliphatic heterocycles. The van der Waals surface area contributed by atoms with Crippen LogP contribution in [0.2, 0.25) is 0 Å². The highest BCUT2D eigenvalue weighted by Crippen LogP contribution is 2.25. The van der Waals surface area contributed by atoms with Gasteiger partial charge in [0.2, 0.25) is 5.82 Å². The van der Waals surface area contributed by atoms with Crippen LogP contribution in [0, 0.1) is 5.82 Å². The molecule has 3 rings (SSSR count). The molecule has 94 valence electrons. The second-order valence-corrected chi connectivity index (χ2v) is 3.89. The highest BCUT2D eigenvalue weighted by molar-refractivity contribution is 5.70. The van der Waals surface area contributed by atoms with Crippen LogP contribution in [0.3, 0.4) is 0 Å². The lowest BCUT2D eigenvalue weighted by Crippen LogP contribution is -1.90. The Hall–Kier alpha value is -2.76. The van der Waals surface area contributed by atoms with Crippen molar-refractivity contribution in [2.75, 3.05) is 5.73 Å². The molecule has 6 heteroatoms. The van der Waals surface area contributed by atoms with Crippen LogP contribution in [0.15, 0.2) is 47.2 Å². The zero-order valence-electron chi connectivity index (χ0n) is 9.75. The van der Waals surface area contributed by atoms with Crippen LogP contribution in [0.25, 0.3) is 22.8 Å². The quantitative estimate of drug-likeness (QED) is 0.762. The number of rotatable bonds is 2. The highest BCUT2D eigenvalue weighted by Gasteiger charge is 2.12. The standard InChI is InChI=1S/C13H9FN4O/c14-9-3-1-8(2-4-9)12-17-13(19-18-12)10-5-6-16-7-11(10)15/h1-7H,15H2. The van der Waals surface area contributed by atoms with Crippen LogP contribution in [0.4, 0.5) is 10.1 Å². The fourth-order valence-electron chi connectivity index (χ4n) is 1.65. The third-order valence-corrected chi connectivity index (χ3v) is 2.61. The Labute approximate surface area is 107 Å². The van der Waals surface area contributed by atoms with E-state index in [9.17, 15) is 4.39 Å². The van der Waals surface area contributed by atoms with Crippen LogP contribution >= 0.6 is 0 Å². The number of hydrogen-bond acceptors (Lipinski definition) is 5. The van der Waals surface area contributed by atoms with Gasteiger partial charge in [-0.05, 0) is 30.3 Å². The van der Waals surface area contributed by atoms with E-state index in [1.807, 2.05) is 0 Å². The Balaban J connectivity index is 2.00. The third kappa shape index (κ3) is 2.15. The maximum atomic E-state index is 12.8. The number of anilines is 1. The van der Waals surface area contributed by atoms with Crippen LogP contribution in [-0.4, -0.2) is 15.1 Å². The smallest absolute Gasteiger partial charge is 0.260 e. The minimum atomic E-state index is -0.314. The number of halogens is 1. The first-order chi connectivity index (χ1) is 9.24. The Morgan fingerprint density at radius 2 is 1.89 bits per heavy atom. The summed E-state index contributed by atoms with van der Waals surface area (Å²) in [6.45, 7) is 0. The predicted octanol–water partition coefficient (Wildman–Crippen LogP) is 2.52. The molecule has 0 spiro atoms. The lowest BCUT2D eigenvalue weighted by Gasteiger charge is -1.97. The number of pyridine rings is 1. The molecule has 1 aromatic carbocycles. The monoisotopic (exact) mass is 256 g/mol. The van der Waals surface area contributed by atoms with Gasteiger partial charge in [0.05, 0.1) is 17.4 Å². The average molecular weight is 256 g/mol. The molecule has 0 amide bonds. The average Bonchev–Trinajstić information content (AvgIpc) is 2.89. The molecule has 0 bridgehead atoms. The van der Waals surface area contributed by atoms with Crippen molar-refractivity contribution >= 4 is 5.69 Å². The van der Waals surface area contributed by atoms with E-state index in [4.69, 9.17) is 10.3 Å². The van der Waals surface area contributed by atoms with E-state index in [0.29, 0.717) is 28.5 Å². The number of aromatic nitrogens is 3. The molecule has 0 saturated carbocycles. The molecular formula is C13H9FN4O. The topological polar surface area (TPSA) is 77.8 Å². The fourth-order valence-corrected chi connectivity index (χ4v) is 1.65. The Bertz CT molecular complexity index is 709. The first-order valence-electron chi connectivity index (χ1n) is 5.53. The van der Waals surface area contributed by atoms with E-state index >= 15 is 0 Å². The molecule has 2 aromatic heterocycles. The molecule has 3 aromatic rings. The summed E-state index contributed by atoms with van der Waals surface area (Å²) in [5.74, 6) is 0.372. The predicted molar refractivity (Wildman–Crippen MR) is 67.3 cm³/mol. The van der Waals surface area contributed by atoms with Gasteiger partial charge in [0, 0.05) is 11.8 Å².